The van der Waals surface area contributed by atoms with Crippen molar-refractivity contribution in [3.8, 4) is 0 Å². The van der Waals surface area contributed by atoms with E-state index in [0.29, 0.717) is 11.8 Å². The van der Waals surface area contributed by atoms with Crippen LogP contribution in [-0.4, -0.2) is 11.2 Å². The molecule has 4 unspecified atom stereocenters. The highest BCUT2D eigenvalue weighted by molar-refractivity contribution is 5.43. The Bertz CT molecular complexity index is 442. The van der Waals surface area contributed by atoms with Crippen LogP contribution in [0, 0.1) is 17.2 Å². The number of aliphatic hydroxyl groups is 1. The van der Waals surface area contributed by atoms with Crippen LogP contribution in [0.4, 0.5) is 4.39 Å². The molecule has 4 atom stereocenters. The first-order valence-electron chi connectivity index (χ1n) is 6.04. The molecule has 1 N–H and O–H groups in total. The molecule has 86 valence electrons. The van der Waals surface area contributed by atoms with Crippen LogP contribution in [0.1, 0.15) is 37.3 Å². The predicted octanol–water partition coefficient (Wildman–Crippen LogP) is 2.87. The largest absolute Gasteiger partial charge is 0.392 e. The topological polar surface area (TPSA) is 20.2 Å². The van der Waals surface area contributed by atoms with Gasteiger partial charge in [-0.3, -0.25) is 0 Å². The van der Waals surface area contributed by atoms with Crippen molar-refractivity contribution in [2.24, 2.45) is 11.3 Å². The predicted molar refractivity (Wildman–Crippen MR) is 60.7 cm³/mol. The molecule has 0 aliphatic heterocycles. The van der Waals surface area contributed by atoms with Gasteiger partial charge in [0, 0.05) is 5.41 Å². The zero-order valence-corrected chi connectivity index (χ0v) is 9.70. The molecule has 2 aliphatic carbocycles. The minimum Gasteiger partial charge on any atom is -0.392 e. The zero-order chi connectivity index (χ0) is 11.5. The second-order valence-corrected chi connectivity index (χ2v) is 5.49. The maximum atomic E-state index is 13.1. The van der Waals surface area contributed by atoms with Crippen molar-refractivity contribution >= 4 is 0 Å². The summed E-state index contributed by atoms with van der Waals surface area (Å²) >= 11 is 0. The Morgan fingerprint density at radius 2 is 2.25 bits per heavy atom. The van der Waals surface area contributed by atoms with E-state index in [4.69, 9.17) is 0 Å². The maximum Gasteiger partial charge on any atom is 0.123 e. The van der Waals surface area contributed by atoms with Crippen molar-refractivity contribution < 1.29 is 9.50 Å². The van der Waals surface area contributed by atoms with Crippen molar-refractivity contribution in [3.63, 3.8) is 0 Å². The van der Waals surface area contributed by atoms with Crippen LogP contribution in [0.3, 0.4) is 0 Å². The highest BCUT2D eigenvalue weighted by Gasteiger charge is 2.60. The Balaban J connectivity index is 2.05. The molecule has 1 nitrogen and oxygen atoms in total. The van der Waals surface area contributed by atoms with Gasteiger partial charge in [-0.25, -0.2) is 4.39 Å². The summed E-state index contributed by atoms with van der Waals surface area (Å²) < 4.78 is 13.1. The molecule has 3 rings (SSSR count). The van der Waals surface area contributed by atoms with E-state index in [0.717, 1.165) is 18.4 Å². The zero-order valence-electron chi connectivity index (χ0n) is 9.70. The lowest BCUT2D eigenvalue weighted by atomic mass is 9.51. The fourth-order valence-corrected chi connectivity index (χ4v) is 3.78. The number of halogens is 1. The Kier molecular flexibility index (Phi) is 1.97. The number of hydrogen-bond donors (Lipinski definition) is 1. The van der Waals surface area contributed by atoms with Crippen LogP contribution in [-0.2, 0) is 6.42 Å². The highest BCUT2D eigenvalue weighted by Crippen LogP contribution is 2.63. The molecule has 0 bridgehead atoms. The summed E-state index contributed by atoms with van der Waals surface area (Å²) in [7, 11) is 0. The monoisotopic (exact) mass is 220 g/mol. The number of benzene rings is 1. The molecular formula is C14H17FO. The Morgan fingerprint density at radius 3 is 2.94 bits per heavy atom. The van der Waals surface area contributed by atoms with Crippen LogP contribution in [0.25, 0.3) is 0 Å². The van der Waals surface area contributed by atoms with Gasteiger partial charge in [-0.15, -0.1) is 0 Å². The summed E-state index contributed by atoms with van der Waals surface area (Å²) in [4.78, 5) is 0. The van der Waals surface area contributed by atoms with E-state index >= 15 is 0 Å². The van der Waals surface area contributed by atoms with E-state index in [-0.39, 0.29) is 17.3 Å². The number of fused-ring (bicyclic) bond motifs is 3. The average Bonchev–Trinajstić information content (AvgIpc) is 2.63. The van der Waals surface area contributed by atoms with Crippen LogP contribution >= 0.6 is 0 Å². The molecular weight excluding hydrogens is 203 g/mol. The van der Waals surface area contributed by atoms with Crippen molar-refractivity contribution in [1.29, 1.82) is 0 Å². The lowest BCUT2D eigenvalue weighted by Gasteiger charge is -2.55. The summed E-state index contributed by atoms with van der Waals surface area (Å²) in [5, 5.41) is 10.2. The van der Waals surface area contributed by atoms with Gasteiger partial charge in [-0.2, -0.15) is 0 Å². The SMILES string of the molecule is CCC1(C)C(O)C2Cc3cc(F)ccc3C21. The van der Waals surface area contributed by atoms with E-state index in [1.54, 1.807) is 12.1 Å². The second kappa shape index (κ2) is 3.07. The van der Waals surface area contributed by atoms with Crippen LogP contribution in [0.2, 0.25) is 0 Å². The van der Waals surface area contributed by atoms with Gasteiger partial charge in [0.25, 0.3) is 0 Å². The van der Waals surface area contributed by atoms with Gasteiger partial charge in [0.05, 0.1) is 6.10 Å². The van der Waals surface area contributed by atoms with Crippen LogP contribution in [0.5, 0.6) is 0 Å². The van der Waals surface area contributed by atoms with Gasteiger partial charge in [0.2, 0.25) is 0 Å². The molecule has 0 radical (unpaired) electrons. The lowest BCUT2D eigenvalue weighted by molar-refractivity contribution is -0.128. The van der Waals surface area contributed by atoms with Crippen molar-refractivity contribution in [1.82, 2.24) is 0 Å². The number of rotatable bonds is 1. The van der Waals surface area contributed by atoms with Gasteiger partial charge < -0.3 is 5.11 Å². The highest BCUT2D eigenvalue weighted by atomic mass is 19.1. The van der Waals surface area contributed by atoms with Crippen LogP contribution < -0.4 is 0 Å². The fourth-order valence-electron chi connectivity index (χ4n) is 3.78. The molecule has 2 aliphatic rings. The van der Waals surface area contributed by atoms with Gasteiger partial charge >= 0.3 is 0 Å². The number of hydrogen-bond acceptors (Lipinski definition) is 1. The van der Waals surface area contributed by atoms with Gasteiger partial charge in [0.1, 0.15) is 5.82 Å². The van der Waals surface area contributed by atoms with E-state index in [1.807, 2.05) is 6.07 Å². The van der Waals surface area contributed by atoms with Crippen LogP contribution in [0.15, 0.2) is 18.2 Å². The Morgan fingerprint density at radius 1 is 1.50 bits per heavy atom. The molecule has 0 heterocycles. The summed E-state index contributed by atoms with van der Waals surface area (Å²) in [5.74, 6) is 0.595. The minimum atomic E-state index is -0.224. The third-order valence-electron chi connectivity index (χ3n) is 4.88. The molecule has 1 aromatic carbocycles. The molecule has 0 aromatic heterocycles. The molecule has 16 heavy (non-hydrogen) atoms. The third kappa shape index (κ3) is 1.03. The average molecular weight is 220 g/mol. The summed E-state index contributed by atoms with van der Waals surface area (Å²) in [5.41, 5.74) is 2.36. The van der Waals surface area contributed by atoms with Gasteiger partial charge in [-0.05, 0) is 47.9 Å². The normalized spacial score (nSPS) is 40.1. The van der Waals surface area contributed by atoms with Crippen molar-refractivity contribution in [2.45, 2.75) is 38.7 Å². The summed E-state index contributed by atoms with van der Waals surface area (Å²) in [6, 6.07) is 5.09. The third-order valence-corrected chi connectivity index (χ3v) is 4.88. The lowest BCUT2D eigenvalue weighted by Crippen LogP contribution is -2.55. The molecule has 1 saturated carbocycles. The minimum absolute atomic E-state index is 0.00620. The first-order chi connectivity index (χ1) is 7.58. The first-order valence-corrected chi connectivity index (χ1v) is 6.04. The first kappa shape index (κ1) is 10.3. The van der Waals surface area contributed by atoms with E-state index in [9.17, 15) is 9.50 Å². The summed E-state index contributed by atoms with van der Waals surface area (Å²) in [6.07, 6.45) is 1.60. The standard InChI is InChI=1S/C14H17FO/c1-3-14(2)12-10-5-4-9(15)6-8(10)7-11(12)13(14)16/h4-6,11-13,16H,3,7H2,1-2H3. The molecule has 1 aromatic rings. The molecule has 0 spiro atoms. The van der Waals surface area contributed by atoms with Crippen molar-refractivity contribution in [3.05, 3.63) is 35.1 Å². The fraction of sp³-hybridized carbons (Fsp3) is 0.571. The van der Waals surface area contributed by atoms with E-state index in [1.165, 1.54) is 5.56 Å². The van der Waals surface area contributed by atoms with E-state index < -0.39 is 0 Å². The Labute approximate surface area is 95.3 Å². The van der Waals surface area contributed by atoms with Gasteiger partial charge in [0.15, 0.2) is 0 Å². The quantitative estimate of drug-likeness (QED) is 0.771. The number of aliphatic hydroxyl groups excluding tert-OH is 1. The molecule has 2 heteroatoms. The summed E-state index contributed by atoms with van der Waals surface area (Å²) in [6.45, 7) is 4.28. The maximum absolute atomic E-state index is 13.1. The molecule has 0 amide bonds. The molecule has 1 fully saturated rings. The molecule has 0 saturated heterocycles. The Hall–Kier alpha value is -0.890. The van der Waals surface area contributed by atoms with Crippen molar-refractivity contribution in [2.75, 3.05) is 0 Å². The smallest absolute Gasteiger partial charge is 0.123 e. The van der Waals surface area contributed by atoms with E-state index in [2.05, 4.69) is 13.8 Å². The second-order valence-electron chi connectivity index (χ2n) is 5.49. The van der Waals surface area contributed by atoms with Gasteiger partial charge in [-0.1, -0.05) is 19.9 Å².